The van der Waals surface area contributed by atoms with Crippen molar-refractivity contribution in [1.29, 1.82) is 0 Å². The van der Waals surface area contributed by atoms with Crippen molar-refractivity contribution in [3.8, 4) is 11.5 Å². The second kappa shape index (κ2) is 6.19. The molecule has 0 radical (unpaired) electrons. The van der Waals surface area contributed by atoms with Gasteiger partial charge in [-0.3, -0.25) is 4.79 Å². The molecule has 0 saturated carbocycles. The monoisotopic (exact) mass is 281 g/mol. The number of thiol groups is 1. The summed E-state index contributed by atoms with van der Waals surface area (Å²) in [5, 5.41) is 0. The number of carbonyl (C=O) groups is 1. The van der Waals surface area contributed by atoms with Gasteiger partial charge in [-0.1, -0.05) is 12.1 Å². The Bertz CT molecular complexity index is 464. The highest BCUT2D eigenvalue weighted by Gasteiger charge is 2.29. The molecule has 1 aliphatic heterocycles. The zero-order valence-corrected chi connectivity index (χ0v) is 12.2. The van der Waals surface area contributed by atoms with Crippen LogP contribution >= 0.6 is 12.6 Å². The molecule has 0 N–H and O–H groups in total. The summed E-state index contributed by atoms with van der Waals surface area (Å²) < 4.78 is 10.7. The lowest BCUT2D eigenvalue weighted by molar-refractivity contribution is -0.128. The molecule has 2 rings (SSSR count). The van der Waals surface area contributed by atoms with Gasteiger partial charge in [0.25, 0.3) is 0 Å². The first-order valence-electron chi connectivity index (χ1n) is 6.28. The van der Waals surface area contributed by atoms with Gasteiger partial charge in [0.05, 0.1) is 14.2 Å². The predicted octanol–water partition coefficient (Wildman–Crippen LogP) is 1.98. The number of hydrogen-bond acceptors (Lipinski definition) is 4. The van der Waals surface area contributed by atoms with Gasteiger partial charge in [-0.2, -0.15) is 12.6 Å². The fourth-order valence-corrected chi connectivity index (χ4v) is 2.66. The summed E-state index contributed by atoms with van der Waals surface area (Å²) in [7, 11) is 3.23. The summed E-state index contributed by atoms with van der Waals surface area (Å²) in [6, 6.07) is 5.72. The normalized spacial score (nSPS) is 18.8. The van der Waals surface area contributed by atoms with E-state index in [1.54, 1.807) is 14.2 Å². The van der Waals surface area contributed by atoms with Gasteiger partial charge in [-0.25, -0.2) is 0 Å². The highest BCUT2D eigenvalue weighted by Crippen LogP contribution is 2.32. The van der Waals surface area contributed by atoms with Gasteiger partial charge in [0.15, 0.2) is 11.5 Å². The highest BCUT2D eigenvalue weighted by molar-refractivity contribution is 7.80. The molecule has 1 heterocycles. The van der Waals surface area contributed by atoms with Gasteiger partial charge in [-0.05, 0) is 17.7 Å². The Kier molecular flexibility index (Phi) is 4.58. The minimum absolute atomic E-state index is 0.184. The molecular weight excluding hydrogens is 262 g/mol. The maximum absolute atomic E-state index is 11.9. The number of ether oxygens (including phenoxy) is 2. The molecule has 1 atom stereocenters. The van der Waals surface area contributed by atoms with E-state index in [9.17, 15) is 4.79 Å². The van der Waals surface area contributed by atoms with Crippen molar-refractivity contribution in [2.75, 3.05) is 26.5 Å². The van der Waals surface area contributed by atoms with Gasteiger partial charge in [0.1, 0.15) is 0 Å². The van der Waals surface area contributed by atoms with E-state index >= 15 is 0 Å². The quantitative estimate of drug-likeness (QED) is 0.839. The molecule has 0 bridgehead atoms. The van der Waals surface area contributed by atoms with Gasteiger partial charge in [0.2, 0.25) is 5.91 Å². The molecule has 1 aliphatic rings. The van der Waals surface area contributed by atoms with Crippen molar-refractivity contribution in [3.63, 3.8) is 0 Å². The number of para-hydroxylation sites is 1. The van der Waals surface area contributed by atoms with Crippen molar-refractivity contribution in [1.82, 2.24) is 4.90 Å². The number of amides is 1. The van der Waals surface area contributed by atoms with Crippen LogP contribution in [-0.2, 0) is 11.3 Å². The van der Waals surface area contributed by atoms with Gasteiger partial charge >= 0.3 is 0 Å². The van der Waals surface area contributed by atoms with Crippen LogP contribution in [0.2, 0.25) is 0 Å². The average Bonchev–Trinajstić information content (AvgIpc) is 2.79. The molecule has 4 nitrogen and oxygen atoms in total. The number of methoxy groups -OCH3 is 2. The SMILES string of the molecule is COc1cccc(CN2CC(CS)CC2=O)c1OC. The minimum atomic E-state index is 0.184. The van der Waals surface area contributed by atoms with E-state index < -0.39 is 0 Å². The lowest BCUT2D eigenvalue weighted by Crippen LogP contribution is -2.25. The fraction of sp³-hybridized carbons (Fsp3) is 0.500. The number of carbonyl (C=O) groups excluding carboxylic acids is 1. The molecule has 1 aromatic carbocycles. The van der Waals surface area contributed by atoms with E-state index in [1.807, 2.05) is 23.1 Å². The van der Waals surface area contributed by atoms with Crippen LogP contribution in [0.15, 0.2) is 18.2 Å². The second-order valence-electron chi connectivity index (χ2n) is 4.68. The second-order valence-corrected chi connectivity index (χ2v) is 5.04. The first-order valence-corrected chi connectivity index (χ1v) is 6.91. The van der Waals surface area contributed by atoms with Crippen LogP contribution in [0.3, 0.4) is 0 Å². The Labute approximate surface area is 119 Å². The Morgan fingerprint density at radius 2 is 2.16 bits per heavy atom. The van der Waals surface area contributed by atoms with E-state index in [4.69, 9.17) is 9.47 Å². The Morgan fingerprint density at radius 3 is 2.74 bits per heavy atom. The zero-order valence-electron chi connectivity index (χ0n) is 11.3. The molecule has 104 valence electrons. The number of likely N-dealkylation sites (tertiary alicyclic amines) is 1. The van der Waals surface area contributed by atoms with Crippen molar-refractivity contribution >= 4 is 18.5 Å². The van der Waals surface area contributed by atoms with E-state index in [-0.39, 0.29) is 5.91 Å². The van der Waals surface area contributed by atoms with Crippen molar-refractivity contribution in [2.45, 2.75) is 13.0 Å². The molecule has 1 saturated heterocycles. The van der Waals surface area contributed by atoms with Crippen LogP contribution < -0.4 is 9.47 Å². The third-order valence-electron chi connectivity index (χ3n) is 3.40. The molecule has 1 amide bonds. The van der Waals surface area contributed by atoms with E-state index in [0.29, 0.717) is 30.4 Å². The summed E-state index contributed by atoms with van der Waals surface area (Å²) in [5.41, 5.74) is 0.968. The van der Waals surface area contributed by atoms with Crippen LogP contribution in [0.4, 0.5) is 0 Å². The average molecular weight is 281 g/mol. The highest BCUT2D eigenvalue weighted by atomic mass is 32.1. The van der Waals surface area contributed by atoms with Crippen LogP contribution in [0.1, 0.15) is 12.0 Å². The van der Waals surface area contributed by atoms with Crippen molar-refractivity contribution in [3.05, 3.63) is 23.8 Å². The van der Waals surface area contributed by atoms with Crippen LogP contribution in [0, 0.1) is 5.92 Å². The Morgan fingerprint density at radius 1 is 1.37 bits per heavy atom. The fourth-order valence-electron chi connectivity index (χ4n) is 2.41. The number of rotatable bonds is 5. The third-order valence-corrected chi connectivity index (χ3v) is 3.91. The number of hydrogen-bond donors (Lipinski definition) is 1. The standard InChI is InChI=1S/C14H19NO3S/c1-17-12-5-3-4-11(14(12)18-2)8-15-7-10(9-19)6-13(15)16/h3-5,10,19H,6-9H2,1-2H3. The Balaban J connectivity index is 2.17. The molecule has 0 aliphatic carbocycles. The summed E-state index contributed by atoms with van der Waals surface area (Å²) in [4.78, 5) is 13.8. The van der Waals surface area contributed by atoms with E-state index in [1.165, 1.54) is 0 Å². The predicted molar refractivity (Wildman–Crippen MR) is 76.9 cm³/mol. The lowest BCUT2D eigenvalue weighted by atomic mass is 10.1. The van der Waals surface area contributed by atoms with Crippen LogP contribution in [0.5, 0.6) is 11.5 Å². The van der Waals surface area contributed by atoms with Crippen molar-refractivity contribution < 1.29 is 14.3 Å². The van der Waals surface area contributed by atoms with Crippen LogP contribution in [0.25, 0.3) is 0 Å². The van der Waals surface area contributed by atoms with Gasteiger partial charge < -0.3 is 14.4 Å². The molecular formula is C14H19NO3S. The third kappa shape index (κ3) is 2.97. The summed E-state index contributed by atoms with van der Waals surface area (Å²) in [6.07, 6.45) is 0.593. The molecule has 5 heteroatoms. The first kappa shape index (κ1) is 14.1. The molecule has 1 aromatic rings. The number of benzene rings is 1. The largest absolute Gasteiger partial charge is 0.493 e. The maximum atomic E-state index is 11.9. The minimum Gasteiger partial charge on any atom is -0.493 e. The first-order chi connectivity index (χ1) is 9.19. The summed E-state index contributed by atoms with van der Waals surface area (Å²) >= 11 is 4.27. The Hall–Kier alpha value is -1.36. The van der Waals surface area contributed by atoms with E-state index in [0.717, 1.165) is 17.9 Å². The van der Waals surface area contributed by atoms with Gasteiger partial charge in [-0.15, -0.1) is 0 Å². The zero-order chi connectivity index (χ0) is 13.8. The van der Waals surface area contributed by atoms with Crippen LogP contribution in [-0.4, -0.2) is 37.3 Å². The number of nitrogens with zero attached hydrogens (tertiary/aromatic N) is 1. The van der Waals surface area contributed by atoms with E-state index in [2.05, 4.69) is 12.6 Å². The molecule has 0 aromatic heterocycles. The van der Waals surface area contributed by atoms with Gasteiger partial charge in [0, 0.05) is 25.1 Å². The molecule has 0 spiro atoms. The molecule has 1 unspecified atom stereocenters. The lowest BCUT2D eigenvalue weighted by Gasteiger charge is -2.19. The smallest absolute Gasteiger partial charge is 0.223 e. The molecule has 1 fully saturated rings. The maximum Gasteiger partial charge on any atom is 0.223 e. The summed E-state index contributed by atoms with van der Waals surface area (Å²) in [6.45, 7) is 1.33. The summed E-state index contributed by atoms with van der Waals surface area (Å²) in [5.74, 6) is 2.68. The molecule has 19 heavy (non-hydrogen) atoms. The van der Waals surface area contributed by atoms with Crippen molar-refractivity contribution in [2.24, 2.45) is 5.92 Å². The topological polar surface area (TPSA) is 38.8 Å².